The summed E-state index contributed by atoms with van der Waals surface area (Å²) < 4.78 is 0. The van der Waals surface area contributed by atoms with Gasteiger partial charge in [-0.3, -0.25) is 4.98 Å². The molecule has 7 heteroatoms. The summed E-state index contributed by atoms with van der Waals surface area (Å²) in [4.78, 5) is 4.33. The first-order valence-electron chi connectivity index (χ1n) is 5.64. The molecule has 0 fully saturated rings. The highest BCUT2D eigenvalue weighted by atomic mass is 35.5. The van der Waals surface area contributed by atoms with Gasteiger partial charge in [-0.25, -0.2) is 0 Å². The molecule has 0 saturated carbocycles. The molecule has 100 valence electrons. The average Bonchev–Trinajstić information content (AvgIpc) is 2.46. The van der Waals surface area contributed by atoms with Crippen molar-refractivity contribution in [3.63, 3.8) is 0 Å². The summed E-state index contributed by atoms with van der Waals surface area (Å²) in [5.74, 6) is 0. The molecule has 0 aliphatic carbocycles. The zero-order chi connectivity index (χ0) is 14.1. The van der Waals surface area contributed by atoms with Gasteiger partial charge >= 0.3 is 0 Å². The smallest absolute Gasteiger partial charge is 0.175 e. The Kier molecular flexibility index (Phi) is 3.61. The lowest BCUT2D eigenvalue weighted by atomic mass is 10.2. The molecule has 2 aromatic heterocycles. The standard InChI is InChI=1S/C13H7Cl3N4/c14-8-3-4-9(12-7(8)2-1-5-17-12)18-10-6-11(15)19-20-13(10)16/h1-6H,(H,18,19). The summed E-state index contributed by atoms with van der Waals surface area (Å²) in [6.45, 7) is 0. The highest BCUT2D eigenvalue weighted by Crippen LogP contribution is 2.32. The van der Waals surface area contributed by atoms with Crippen LogP contribution in [0.5, 0.6) is 0 Å². The highest BCUT2D eigenvalue weighted by molar-refractivity contribution is 6.36. The van der Waals surface area contributed by atoms with Gasteiger partial charge in [0.25, 0.3) is 0 Å². The summed E-state index contributed by atoms with van der Waals surface area (Å²) in [6, 6.07) is 8.94. The Morgan fingerprint density at radius 3 is 2.65 bits per heavy atom. The maximum atomic E-state index is 6.15. The molecule has 3 aromatic rings. The van der Waals surface area contributed by atoms with E-state index in [1.807, 2.05) is 18.2 Å². The minimum atomic E-state index is 0.230. The quantitative estimate of drug-likeness (QED) is 0.740. The molecule has 0 atom stereocenters. The van der Waals surface area contributed by atoms with Gasteiger partial charge < -0.3 is 5.32 Å². The lowest BCUT2D eigenvalue weighted by molar-refractivity contribution is 1.03. The molecule has 0 aliphatic rings. The molecule has 0 radical (unpaired) electrons. The lowest BCUT2D eigenvalue weighted by Crippen LogP contribution is -1.96. The number of anilines is 2. The van der Waals surface area contributed by atoms with E-state index in [0.717, 1.165) is 16.6 Å². The number of nitrogens with zero attached hydrogens (tertiary/aromatic N) is 3. The van der Waals surface area contributed by atoms with Gasteiger partial charge in [0.2, 0.25) is 0 Å². The first-order valence-corrected chi connectivity index (χ1v) is 6.77. The van der Waals surface area contributed by atoms with E-state index in [4.69, 9.17) is 34.8 Å². The molecule has 0 amide bonds. The number of nitrogens with one attached hydrogen (secondary N) is 1. The SMILES string of the molecule is Clc1cc(Nc2ccc(Cl)c3cccnc23)c(Cl)nn1. The summed E-state index contributed by atoms with van der Waals surface area (Å²) in [7, 11) is 0. The summed E-state index contributed by atoms with van der Waals surface area (Å²) in [5.41, 5.74) is 2.06. The van der Waals surface area contributed by atoms with Crippen molar-refractivity contribution >= 4 is 57.1 Å². The van der Waals surface area contributed by atoms with Crippen LogP contribution in [-0.4, -0.2) is 15.2 Å². The monoisotopic (exact) mass is 324 g/mol. The van der Waals surface area contributed by atoms with E-state index >= 15 is 0 Å². The molecular weight excluding hydrogens is 319 g/mol. The number of hydrogen-bond acceptors (Lipinski definition) is 4. The molecule has 20 heavy (non-hydrogen) atoms. The number of fused-ring (bicyclic) bond motifs is 1. The van der Waals surface area contributed by atoms with Crippen molar-refractivity contribution in [1.82, 2.24) is 15.2 Å². The van der Waals surface area contributed by atoms with Crippen molar-refractivity contribution in [2.45, 2.75) is 0 Å². The van der Waals surface area contributed by atoms with E-state index in [1.165, 1.54) is 0 Å². The molecular formula is C13H7Cl3N4. The second-order valence-corrected chi connectivity index (χ2v) is 5.14. The van der Waals surface area contributed by atoms with Crippen molar-refractivity contribution in [3.8, 4) is 0 Å². The minimum absolute atomic E-state index is 0.230. The molecule has 0 bridgehead atoms. The number of benzene rings is 1. The van der Waals surface area contributed by atoms with Crippen LogP contribution in [0.15, 0.2) is 36.5 Å². The number of rotatable bonds is 2. The number of halogens is 3. The summed E-state index contributed by atoms with van der Waals surface area (Å²) in [5, 5.41) is 12.5. The zero-order valence-corrected chi connectivity index (χ0v) is 12.2. The molecule has 4 nitrogen and oxygen atoms in total. The Morgan fingerprint density at radius 1 is 0.950 bits per heavy atom. The fourth-order valence-electron chi connectivity index (χ4n) is 1.82. The van der Waals surface area contributed by atoms with E-state index < -0.39 is 0 Å². The van der Waals surface area contributed by atoms with Crippen molar-refractivity contribution in [3.05, 3.63) is 51.9 Å². The van der Waals surface area contributed by atoms with Crippen molar-refractivity contribution in [1.29, 1.82) is 0 Å². The third-order valence-electron chi connectivity index (χ3n) is 2.70. The van der Waals surface area contributed by atoms with Gasteiger partial charge in [-0.1, -0.05) is 34.8 Å². The van der Waals surface area contributed by atoms with Crippen LogP contribution < -0.4 is 5.32 Å². The van der Waals surface area contributed by atoms with Crippen LogP contribution in [0.25, 0.3) is 10.9 Å². The molecule has 1 aromatic carbocycles. The van der Waals surface area contributed by atoms with Crippen LogP contribution in [0, 0.1) is 0 Å². The van der Waals surface area contributed by atoms with Crippen LogP contribution >= 0.6 is 34.8 Å². The normalized spacial score (nSPS) is 10.8. The van der Waals surface area contributed by atoms with Crippen molar-refractivity contribution in [2.24, 2.45) is 0 Å². The second kappa shape index (κ2) is 5.40. The first-order chi connectivity index (χ1) is 9.65. The van der Waals surface area contributed by atoms with Crippen LogP contribution in [0.1, 0.15) is 0 Å². The van der Waals surface area contributed by atoms with Gasteiger partial charge in [-0.15, -0.1) is 10.2 Å². The van der Waals surface area contributed by atoms with Gasteiger partial charge in [-0.05, 0) is 24.3 Å². The number of pyridine rings is 1. The van der Waals surface area contributed by atoms with Crippen molar-refractivity contribution in [2.75, 3.05) is 5.32 Å². The van der Waals surface area contributed by atoms with E-state index in [2.05, 4.69) is 20.5 Å². The van der Waals surface area contributed by atoms with Crippen LogP contribution in [-0.2, 0) is 0 Å². The molecule has 3 rings (SSSR count). The molecule has 2 heterocycles. The predicted molar refractivity (Wildman–Crippen MR) is 82.1 cm³/mol. The van der Waals surface area contributed by atoms with Gasteiger partial charge in [-0.2, -0.15) is 0 Å². The van der Waals surface area contributed by atoms with Gasteiger partial charge in [0, 0.05) is 17.6 Å². The Labute approximate surface area is 129 Å². The van der Waals surface area contributed by atoms with Gasteiger partial charge in [0.1, 0.15) is 0 Å². The van der Waals surface area contributed by atoms with Crippen LogP contribution in [0.4, 0.5) is 11.4 Å². The Balaban J connectivity index is 2.11. The van der Waals surface area contributed by atoms with E-state index in [1.54, 1.807) is 18.3 Å². The van der Waals surface area contributed by atoms with E-state index in [9.17, 15) is 0 Å². The van der Waals surface area contributed by atoms with Crippen LogP contribution in [0.3, 0.4) is 0 Å². The third kappa shape index (κ3) is 2.50. The van der Waals surface area contributed by atoms with E-state index in [-0.39, 0.29) is 10.3 Å². The maximum Gasteiger partial charge on any atom is 0.175 e. The largest absolute Gasteiger partial charge is 0.351 e. The first kappa shape index (κ1) is 13.4. The van der Waals surface area contributed by atoms with Gasteiger partial charge in [0.05, 0.1) is 21.9 Å². The molecule has 0 spiro atoms. The third-order valence-corrected chi connectivity index (χ3v) is 3.50. The zero-order valence-electron chi connectivity index (χ0n) is 9.94. The van der Waals surface area contributed by atoms with Crippen molar-refractivity contribution < 1.29 is 0 Å². The topological polar surface area (TPSA) is 50.7 Å². The predicted octanol–water partition coefficient (Wildman–Crippen LogP) is 4.73. The Hall–Kier alpha value is -1.62. The molecule has 0 aliphatic heterocycles. The minimum Gasteiger partial charge on any atom is -0.351 e. The van der Waals surface area contributed by atoms with E-state index in [0.29, 0.717) is 10.7 Å². The second-order valence-electron chi connectivity index (χ2n) is 3.99. The number of aromatic nitrogens is 3. The maximum absolute atomic E-state index is 6.15. The molecule has 0 saturated heterocycles. The molecule has 1 N–H and O–H groups in total. The lowest BCUT2D eigenvalue weighted by Gasteiger charge is -2.10. The molecule has 0 unspecified atom stereocenters. The Morgan fingerprint density at radius 2 is 1.80 bits per heavy atom. The average molecular weight is 326 g/mol. The summed E-state index contributed by atoms with van der Waals surface area (Å²) in [6.07, 6.45) is 1.70. The number of hydrogen-bond donors (Lipinski definition) is 1. The van der Waals surface area contributed by atoms with Gasteiger partial charge in [0.15, 0.2) is 10.3 Å². The Bertz CT molecular complexity index is 792. The highest BCUT2D eigenvalue weighted by Gasteiger charge is 2.09. The summed E-state index contributed by atoms with van der Waals surface area (Å²) >= 11 is 18.0. The fraction of sp³-hybridized carbons (Fsp3) is 0. The van der Waals surface area contributed by atoms with Crippen LogP contribution in [0.2, 0.25) is 15.3 Å². The fourth-order valence-corrected chi connectivity index (χ4v) is 2.33.